The molecule has 0 atom stereocenters. The molecule has 0 amide bonds. The summed E-state index contributed by atoms with van der Waals surface area (Å²) in [6.07, 6.45) is 10.9. The van der Waals surface area contributed by atoms with Crippen LogP contribution in [0, 0.1) is 0 Å². The third-order valence-electron chi connectivity index (χ3n) is 10.4. The van der Waals surface area contributed by atoms with E-state index in [0.29, 0.717) is 0 Å². The van der Waals surface area contributed by atoms with Crippen LogP contribution in [0.4, 0.5) is 23.0 Å². The number of hydrogen-bond acceptors (Lipinski definition) is 10. The lowest BCUT2D eigenvalue weighted by Crippen LogP contribution is -2.39. The molecule has 10 heteroatoms. The number of methoxy groups -OCH3 is 4. The molecule has 5 heterocycles. The first kappa shape index (κ1) is 33.6. The van der Waals surface area contributed by atoms with E-state index in [1.54, 1.807) is 28.4 Å². The number of anilines is 4. The molecule has 0 unspecified atom stereocenters. The van der Waals surface area contributed by atoms with E-state index < -0.39 is 0 Å². The second-order valence-electron chi connectivity index (χ2n) is 13.3. The summed E-state index contributed by atoms with van der Waals surface area (Å²) in [4.78, 5) is 19.4. The third-order valence-corrected chi connectivity index (χ3v) is 10.4. The average Bonchev–Trinajstić information content (AvgIpc) is 3.90. The maximum atomic E-state index is 5.85. The zero-order chi connectivity index (χ0) is 34.5. The quantitative estimate of drug-likeness (QED) is 0.173. The minimum Gasteiger partial charge on any atom is -0.494 e. The van der Waals surface area contributed by atoms with Gasteiger partial charge in [0.15, 0.2) is 0 Å². The highest BCUT2D eigenvalue weighted by atomic mass is 16.5. The Morgan fingerprint density at radius 2 is 0.720 bits per heavy atom. The molecule has 0 N–H and O–H groups in total. The molecule has 0 bridgehead atoms. The minimum atomic E-state index is 0.839. The van der Waals surface area contributed by atoms with Crippen molar-refractivity contribution in [1.29, 1.82) is 0 Å². The zero-order valence-electron chi connectivity index (χ0n) is 30.0. The Balaban J connectivity index is 1.04. The van der Waals surface area contributed by atoms with Gasteiger partial charge in [0.1, 0.15) is 46.0 Å². The normalized spacial score (nSPS) is 16.7. The number of nitrogens with zero attached hydrogens (tertiary/aromatic N) is 6. The Hall–Kier alpha value is -4.86. The molecule has 0 radical (unpaired) electrons. The van der Waals surface area contributed by atoms with Gasteiger partial charge in [-0.15, -0.1) is 0 Å². The lowest BCUT2D eigenvalue weighted by atomic mass is 10.0. The first-order chi connectivity index (χ1) is 24.6. The number of ether oxygens (including phenoxy) is 4. The van der Waals surface area contributed by atoms with Crippen molar-refractivity contribution in [2.75, 3.05) is 100 Å². The van der Waals surface area contributed by atoms with Crippen LogP contribution in [0.5, 0.6) is 23.0 Å². The summed E-state index contributed by atoms with van der Waals surface area (Å²) in [7, 11) is 6.93. The molecule has 3 aliphatic heterocycles. The molecule has 2 aromatic heterocycles. The molecular formula is C40H50N6O4. The molecule has 3 saturated heterocycles. The van der Waals surface area contributed by atoms with Crippen LogP contribution in [0.3, 0.4) is 0 Å². The summed E-state index contributed by atoms with van der Waals surface area (Å²) < 4.78 is 23.4. The van der Waals surface area contributed by atoms with Gasteiger partial charge in [0.05, 0.1) is 28.4 Å². The van der Waals surface area contributed by atoms with Crippen LogP contribution in [0.15, 0.2) is 60.9 Å². The Bertz CT molecular complexity index is 1560. The SMILES string of the molecule is COc1cc(-c2ccc(N3CCCCN(c4ccc(-c5cc(OC)c(N6CCCC6)c(OC)c5)cn4)CC3)nc2)cc(OC)c1N1CCCC1. The van der Waals surface area contributed by atoms with Gasteiger partial charge in [-0.25, -0.2) is 9.97 Å². The van der Waals surface area contributed by atoms with Crippen LogP contribution in [0.2, 0.25) is 0 Å². The molecular weight excluding hydrogens is 628 g/mol. The molecule has 7 rings (SSSR count). The van der Waals surface area contributed by atoms with Gasteiger partial charge in [0.2, 0.25) is 0 Å². The van der Waals surface area contributed by atoms with Crippen LogP contribution < -0.4 is 38.5 Å². The summed E-state index contributed by atoms with van der Waals surface area (Å²) >= 11 is 0. The standard InChI is InChI=1S/C40H50N6O4/c1-47-33-23-31(24-34(48-2)39(33)45-17-7-8-18-45)29-11-13-37(41-27-29)43-15-5-6-16-44(22-21-43)38-14-12-30(28-42-38)32-25-35(49-3)40(36(26-32)50-4)46-19-9-10-20-46/h11-14,23-28H,5-10,15-22H2,1-4H3. The molecule has 2 aromatic carbocycles. The van der Waals surface area contributed by atoms with Gasteiger partial charge in [0.25, 0.3) is 0 Å². The van der Waals surface area contributed by atoms with Crippen molar-refractivity contribution in [2.24, 2.45) is 0 Å². The predicted octanol–water partition coefficient (Wildman–Crippen LogP) is 7.15. The molecule has 0 spiro atoms. The molecule has 0 saturated carbocycles. The van der Waals surface area contributed by atoms with Gasteiger partial charge >= 0.3 is 0 Å². The highest BCUT2D eigenvalue weighted by Gasteiger charge is 2.24. The van der Waals surface area contributed by atoms with Crippen molar-refractivity contribution >= 4 is 23.0 Å². The first-order valence-corrected chi connectivity index (χ1v) is 18.0. The zero-order valence-corrected chi connectivity index (χ0v) is 30.0. The van der Waals surface area contributed by atoms with E-state index >= 15 is 0 Å². The van der Waals surface area contributed by atoms with Crippen molar-refractivity contribution in [2.45, 2.75) is 38.5 Å². The van der Waals surface area contributed by atoms with Crippen LogP contribution >= 0.6 is 0 Å². The summed E-state index contributed by atoms with van der Waals surface area (Å²) in [5, 5.41) is 0. The van der Waals surface area contributed by atoms with Crippen molar-refractivity contribution < 1.29 is 18.9 Å². The van der Waals surface area contributed by atoms with E-state index in [2.05, 4.69) is 68.1 Å². The molecule has 264 valence electrons. The van der Waals surface area contributed by atoms with Crippen molar-refractivity contribution in [3.8, 4) is 45.3 Å². The summed E-state index contributed by atoms with van der Waals surface area (Å²) in [5.41, 5.74) is 6.24. The second kappa shape index (κ2) is 15.4. The van der Waals surface area contributed by atoms with Crippen molar-refractivity contribution in [1.82, 2.24) is 9.97 Å². The van der Waals surface area contributed by atoms with E-state index in [1.807, 2.05) is 12.4 Å². The number of rotatable bonds is 10. The Morgan fingerprint density at radius 3 is 1.00 bits per heavy atom. The van der Waals surface area contributed by atoms with Crippen molar-refractivity contribution in [3.63, 3.8) is 0 Å². The Kier molecular flexibility index (Phi) is 10.3. The van der Waals surface area contributed by atoms with E-state index in [-0.39, 0.29) is 0 Å². The molecule has 50 heavy (non-hydrogen) atoms. The highest BCUT2D eigenvalue weighted by Crippen LogP contribution is 2.44. The largest absolute Gasteiger partial charge is 0.494 e. The van der Waals surface area contributed by atoms with Crippen LogP contribution in [0.25, 0.3) is 22.3 Å². The second-order valence-corrected chi connectivity index (χ2v) is 13.3. The maximum absolute atomic E-state index is 5.85. The van der Waals surface area contributed by atoms with Gasteiger partial charge in [0, 0.05) is 75.9 Å². The summed E-state index contributed by atoms with van der Waals surface area (Å²) in [5.74, 6) is 5.34. The fourth-order valence-corrected chi connectivity index (χ4v) is 7.64. The lowest BCUT2D eigenvalue weighted by Gasteiger charge is -2.32. The molecule has 0 aliphatic carbocycles. The maximum Gasteiger partial charge on any atom is 0.146 e. The lowest BCUT2D eigenvalue weighted by molar-refractivity contribution is 0.395. The number of hydrogen-bond donors (Lipinski definition) is 0. The van der Waals surface area contributed by atoms with E-state index in [1.165, 1.54) is 25.7 Å². The van der Waals surface area contributed by atoms with E-state index in [4.69, 9.17) is 28.9 Å². The summed E-state index contributed by atoms with van der Waals surface area (Å²) in [6.45, 7) is 7.80. The van der Waals surface area contributed by atoms with E-state index in [9.17, 15) is 0 Å². The fraction of sp³-hybridized carbons (Fsp3) is 0.450. The molecule has 4 aromatic rings. The molecule has 3 aliphatic rings. The number of benzene rings is 2. The smallest absolute Gasteiger partial charge is 0.146 e. The van der Waals surface area contributed by atoms with Crippen LogP contribution in [0.1, 0.15) is 38.5 Å². The van der Waals surface area contributed by atoms with Gasteiger partial charge in [-0.05, 0) is 98.2 Å². The summed E-state index contributed by atoms with van der Waals surface area (Å²) in [6, 6.07) is 17.0. The topological polar surface area (TPSA) is 75.7 Å². The number of pyridine rings is 2. The van der Waals surface area contributed by atoms with E-state index in [0.717, 1.165) is 133 Å². The van der Waals surface area contributed by atoms with Gasteiger partial charge in [-0.1, -0.05) is 0 Å². The van der Waals surface area contributed by atoms with Crippen molar-refractivity contribution in [3.05, 3.63) is 60.9 Å². The van der Waals surface area contributed by atoms with Gasteiger partial charge in [-0.2, -0.15) is 0 Å². The fourth-order valence-electron chi connectivity index (χ4n) is 7.64. The van der Waals surface area contributed by atoms with Gasteiger partial charge in [-0.3, -0.25) is 0 Å². The van der Waals surface area contributed by atoms with Gasteiger partial charge < -0.3 is 38.5 Å². The first-order valence-electron chi connectivity index (χ1n) is 18.0. The van der Waals surface area contributed by atoms with Crippen LogP contribution in [-0.4, -0.2) is 90.8 Å². The number of aromatic nitrogens is 2. The Labute approximate surface area is 296 Å². The highest BCUT2D eigenvalue weighted by molar-refractivity contribution is 5.79. The molecule has 10 nitrogen and oxygen atoms in total. The Morgan fingerprint density at radius 1 is 0.400 bits per heavy atom. The van der Waals surface area contributed by atoms with Crippen LogP contribution in [-0.2, 0) is 0 Å². The monoisotopic (exact) mass is 678 g/mol. The minimum absolute atomic E-state index is 0.839. The molecule has 3 fully saturated rings. The average molecular weight is 679 g/mol. The third kappa shape index (κ3) is 6.93. The predicted molar refractivity (Wildman–Crippen MR) is 202 cm³/mol.